The number of hydrogen-bond acceptors (Lipinski definition) is 5. The number of rotatable bonds is 11. The van der Waals surface area contributed by atoms with Gasteiger partial charge < -0.3 is 23.1 Å². The molecule has 0 bridgehead atoms. The van der Waals surface area contributed by atoms with E-state index in [1.54, 1.807) is 0 Å². The van der Waals surface area contributed by atoms with E-state index in [0.717, 1.165) is 17.6 Å². The van der Waals surface area contributed by atoms with Gasteiger partial charge in [-0.15, -0.1) is 0 Å². The highest BCUT2D eigenvalue weighted by atomic mass is 28.4. The molecule has 0 amide bonds. The minimum Gasteiger partial charge on any atom is -0.417 e. The molecule has 0 aromatic rings. The summed E-state index contributed by atoms with van der Waals surface area (Å²) in [6, 6.07) is 0. The predicted molar refractivity (Wildman–Crippen MR) is 171 cm³/mol. The highest BCUT2D eigenvalue weighted by Gasteiger charge is 2.47. The Morgan fingerprint density at radius 3 is 1.71 bits per heavy atom. The van der Waals surface area contributed by atoms with Crippen molar-refractivity contribution >= 4 is 25.0 Å². The van der Waals surface area contributed by atoms with Gasteiger partial charge in [-0.05, 0) is 78.4 Å². The molecule has 0 saturated heterocycles. The van der Waals surface area contributed by atoms with Crippen LogP contribution in [0.3, 0.4) is 0 Å². The van der Waals surface area contributed by atoms with Crippen molar-refractivity contribution in [2.24, 2.45) is 0 Å². The summed E-state index contributed by atoms with van der Waals surface area (Å²) >= 11 is 0. The summed E-state index contributed by atoms with van der Waals surface area (Å²) in [7, 11) is -6.08. The first kappa shape index (κ1) is 36.0. The Morgan fingerprint density at radius 1 is 0.789 bits per heavy atom. The van der Waals surface area contributed by atoms with E-state index >= 15 is 0 Å². The van der Waals surface area contributed by atoms with Crippen molar-refractivity contribution in [2.75, 3.05) is 19.8 Å². The summed E-state index contributed by atoms with van der Waals surface area (Å²) in [6.45, 7) is 39.7. The molecule has 1 rings (SSSR count). The van der Waals surface area contributed by atoms with E-state index < -0.39 is 25.0 Å². The van der Waals surface area contributed by atoms with Crippen molar-refractivity contribution in [1.82, 2.24) is 0 Å². The third kappa shape index (κ3) is 9.23. The first-order chi connectivity index (χ1) is 16.9. The monoisotopic (exact) mass is 586 g/mol. The first-order valence-corrected chi connectivity index (χ1v) is 23.2. The zero-order valence-electron chi connectivity index (χ0n) is 27.6. The molecule has 1 aliphatic rings. The fraction of sp³-hybridized carbons (Fsp3) is 0.867. The molecule has 0 spiro atoms. The molecule has 0 aromatic heterocycles. The van der Waals surface area contributed by atoms with E-state index in [-0.39, 0.29) is 40.0 Å². The lowest BCUT2D eigenvalue weighted by Crippen LogP contribution is -2.54. The average molecular weight is 587 g/mol. The molecule has 0 aliphatic heterocycles. The second-order valence-electron chi connectivity index (χ2n) is 15.7. The summed E-state index contributed by atoms with van der Waals surface area (Å²) in [5, 5.41) is 10.5. The lowest BCUT2D eigenvalue weighted by atomic mass is 9.99. The molecule has 0 saturated carbocycles. The number of aliphatic hydroxyl groups excluding tert-OH is 1. The van der Waals surface area contributed by atoms with Crippen LogP contribution in [0.25, 0.3) is 0 Å². The van der Waals surface area contributed by atoms with E-state index in [0.29, 0.717) is 19.6 Å². The van der Waals surface area contributed by atoms with Crippen LogP contribution in [0.4, 0.5) is 0 Å². The zero-order chi connectivity index (χ0) is 30.0. The standard InChI is InChI=1S/C30H62O5Si3/c1-23-24(22-31)18-19-25(34-37(13,14)29(5,6)7)27(26(23)35-38(15,16)30(8,9)10)32-20-17-21-33-36(11,12)28(2,3)4/h18,25-27,31H,1,17,19-22H2,2-16H3/t25-,26-,27-/m1/s1. The van der Waals surface area contributed by atoms with E-state index in [9.17, 15) is 5.11 Å². The van der Waals surface area contributed by atoms with Crippen LogP contribution >= 0.6 is 0 Å². The van der Waals surface area contributed by atoms with Gasteiger partial charge in [-0.25, -0.2) is 0 Å². The molecule has 224 valence electrons. The van der Waals surface area contributed by atoms with E-state index in [4.69, 9.17) is 18.0 Å². The van der Waals surface area contributed by atoms with Gasteiger partial charge in [0, 0.05) is 13.2 Å². The van der Waals surface area contributed by atoms with E-state index in [1.165, 1.54) is 0 Å². The quantitative estimate of drug-likeness (QED) is 0.194. The van der Waals surface area contributed by atoms with Crippen LogP contribution in [-0.4, -0.2) is 68.2 Å². The molecular weight excluding hydrogens is 525 g/mol. The van der Waals surface area contributed by atoms with Gasteiger partial charge >= 0.3 is 0 Å². The molecule has 5 nitrogen and oxygen atoms in total. The Balaban J connectivity index is 3.32. The molecule has 1 aliphatic carbocycles. The van der Waals surface area contributed by atoms with Crippen molar-refractivity contribution in [3.63, 3.8) is 0 Å². The Hall–Kier alpha value is -0.0694. The molecule has 0 fully saturated rings. The van der Waals surface area contributed by atoms with Crippen molar-refractivity contribution < 1.29 is 23.1 Å². The van der Waals surface area contributed by atoms with Gasteiger partial charge in [0.25, 0.3) is 0 Å². The van der Waals surface area contributed by atoms with Crippen molar-refractivity contribution in [3.8, 4) is 0 Å². The topological polar surface area (TPSA) is 57.2 Å². The first-order valence-electron chi connectivity index (χ1n) is 14.5. The van der Waals surface area contributed by atoms with Crippen LogP contribution in [0, 0.1) is 0 Å². The second kappa shape index (κ2) is 12.8. The minimum absolute atomic E-state index is 0.0278. The molecule has 0 heterocycles. The summed E-state index contributed by atoms with van der Waals surface area (Å²) in [6.07, 6.45) is 2.73. The molecule has 38 heavy (non-hydrogen) atoms. The zero-order valence-corrected chi connectivity index (χ0v) is 30.6. The summed E-state index contributed by atoms with van der Waals surface area (Å²) in [4.78, 5) is 0. The maximum absolute atomic E-state index is 10.2. The third-order valence-corrected chi connectivity index (χ3v) is 23.0. The number of ether oxygens (including phenoxy) is 1. The van der Waals surface area contributed by atoms with Gasteiger partial charge in [-0.3, -0.25) is 0 Å². The molecular formula is C30H62O5Si3. The fourth-order valence-corrected chi connectivity index (χ4v) is 7.28. The average Bonchev–Trinajstić information content (AvgIpc) is 2.82. The molecule has 1 N–H and O–H groups in total. The molecule has 0 unspecified atom stereocenters. The van der Waals surface area contributed by atoms with Crippen molar-refractivity contribution in [2.45, 2.75) is 148 Å². The maximum atomic E-state index is 10.2. The SMILES string of the molecule is C=C1C(CO)=CC[C@@H](O[Si](C)(C)C(C)(C)C)[C@@H](OCCCO[Si](C)(C)C(C)(C)C)[C@@H]1O[Si](C)(C)C(C)(C)C. The van der Waals surface area contributed by atoms with Gasteiger partial charge in [0.15, 0.2) is 25.0 Å². The lowest BCUT2D eigenvalue weighted by molar-refractivity contribution is -0.0785. The van der Waals surface area contributed by atoms with E-state index in [1.807, 2.05) is 0 Å². The highest BCUT2D eigenvalue weighted by molar-refractivity contribution is 6.75. The minimum atomic E-state index is -2.18. The van der Waals surface area contributed by atoms with E-state index in [2.05, 4.69) is 114 Å². The highest BCUT2D eigenvalue weighted by Crippen LogP contribution is 2.43. The van der Waals surface area contributed by atoms with Crippen LogP contribution in [0.1, 0.15) is 75.2 Å². The second-order valence-corrected chi connectivity index (χ2v) is 30.0. The summed E-state index contributed by atoms with van der Waals surface area (Å²) in [5.41, 5.74) is 1.66. The smallest absolute Gasteiger partial charge is 0.193 e. The van der Waals surface area contributed by atoms with Gasteiger partial charge in [-0.2, -0.15) is 0 Å². The van der Waals surface area contributed by atoms with Crippen molar-refractivity contribution in [1.29, 1.82) is 0 Å². The van der Waals surface area contributed by atoms with Gasteiger partial charge in [0.1, 0.15) is 6.10 Å². The Bertz CT molecular complexity index is 813. The summed E-state index contributed by atoms with van der Waals surface area (Å²) < 4.78 is 27.2. The Kier molecular flexibility index (Phi) is 12.2. The lowest BCUT2D eigenvalue weighted by Gasteiger charge is -2.45. The van der Waals surface area contributed by atoms with Crippen molar-refractivity contribution in [3.05, 3.63) is 23.8 Å². The molecule has 0 radical (unpaired) electrons. The number of hydrogen-bond donors (Lipinski definition) is 1. The van der Waals surface area contributed by atoms with Gasteiger partial charge in [0.05, 0.1) is 18.8 Å². The molecule has 8 heteroatoms. The van der Waals surface area contributed by atoms with Crippen LogP contribution < -0.4 is 0 Å². The Labute approximate surface area is 239 Å². The van der Waals surface area contributed by atoms with Crippen LogP contribution in [0.5, 0.6) is 0 Å². The maximum Gasteiger partial charge on any atom is 0.193 e. The third-order valence-electron chi connectivity index (χ3n) is 9.54. The molecule has 0 aromatic carbocycles. The van der Waals surface area contributed by atoms with Gasteiger partial charge in [-0.1, -0.05) is 75.0 Å². The van der Waals surface area contributed by atoms with Crippen LogP contribution in [0.2, 0.25) is 54.4 Å². The Morgan fingerprint density at radius 2 is 1.26 bits per heavy atom. The number of aliphatic hydroxyl groups is 1. The van der Waals surface area contributed by atoms with Crippen LogP contribution in [-0.2, 0) is 18.0 Å². The summed E-state index contributed by atoms with van der Waals surface area (Å²) in [5.74, 6) is 0. The van der Waals surface area contributed by atoms with Gasteiger partial charge in [0.2, 0.25) is 0 Å². The van der Waals surface area contributed by atoms with Crippen LogP contribution in [0.15, 0.2) is 23.8 Å². The molecule has 3 atom stereocenters. The fourth-order valence-electron chi connectivity index (χ4n) is 3.59. The normalized spacial score (nSPS) is 22.9. The largest absolute Gasteiger partial charge is 0.417 e. The predicted octanol–water partition coefficient (Wildman–Crippen LogP) is 8.44.